The quantitative estimate of drug-likeness (QED) is 0.783. The number of carbonyl (C=O) groups is 1. The highest BCUT2D eigenvalue weighted by Crippen LogP contribution is 2.29. The second kappa shape index (κ2) is 7.40. The second-order valence-electron chi connectivity index (χ2n) is 6.02. The van der Waals surface area contributed by atoms with E-state index in [9.17, 15) is 9.59 Å². The summed E-state index contributed by atoms with van der Waals surface area (Å²) in [6, 6.07) is 7.47. The van der Waals surface area contributed by atoms with Crippen molar-refractivity contribution in [1.82, 2.24) is 10.2 Å². The van der Waals surface area contributed by atoms with Gasteiger partial charge in [0.15, 0.2) is 0 Å². The van der Waals surface area contributed by atoms with Crippen LogP contribution in [0, 0.1) is 0 Å². The van der Waals surface area contributed by atoms with Crippen LogP contribution < -0.4 is 10.9 Å². The highest BCUT2D eigenvalue weighted by atomic mass is 16.3. The van der Waals surface area contributed by atoms with Crippen molar-refractivity contribution in [3.63, 3.8) is 0 Å². The summed E-state index contributed by atoms with van der Waals surface area (Å²) in [4.78, 5) is 23.8. The molecule has 0 saturated carbocycles. The Balaban J connectivity index is 1.90. The van der Waals surface area contributed by atoms with Gasteiger partial charge in [-0.3, -0.25) is 9.59 Å². The van der Waals surface area contributed by atoms with Crippen molar-refractivity contribution in [2.45, 2.75) is 38.5 Å². The summed E-state index contributed by atoms with van der Waals surface area (Å²) < 4.78 is 0. The molecular weight excluding hydrogens is 306 g/mol. The number of fused-ring (bicyclic) bond motifs is 1. The zero-order chi connectivity index (χ0) is 16.9. The number of aliphatic hydroxyl groups is 1. The molecule has 0 atom stereocenters. The predicted octanol–water partition coefficient (Wildman–Crippen LogP) is 2.03. The summed E-state index contributed by atoms with van der Waals surface area (Å²) in [7, 11) is 0. The fourth-order valence-electron chi connectivity index (χ4n) is 3.10. The Kier molecular flexibility index (Phi) is 5.05. The Morgan fingerprint density at radius 1 is 1.25 bits per heavy atom. The standard InChI is InChI=1S/C18H21N3O3/c22-10-4-9-16(23)19-13-6-3-5-12(11-13)17-14-7-1-2-8-15(14)18(24)21-20-17/h3,5-6,11,22H,1-2,4,7-10H2,(H,19,23)(H,21,24). The molecule has 0 spiro atoms. The van der Waals surface area contributed by atoms with Crippen LogP contribution in [0.15, 0.2) is 29.1 Å². The number of aromatic nitrogens is 2. The van der Waals surface area contributed by atoms with Crippen LogP contribution in [-0.4, -0.2) is 27.8 Å². The minimum atomic E-state index is -0.127. The molecule has 24 heavy (non-hydrogen) atoms. The van der Waals surface area contributed by atoms with E-state index in [0.29, 0.717) is 12.1 Å². The van der Waals surface area contributed by atoms with Crippen LogP contribution in [0.1, 0.15) is 36.8 Å². The molecular formula is C18H21N3O3. The summed E-state index contributed by atoms with van der Waals surface area (Å²) in [5.41, 5.74) is 4.12. The molecule has 3 rings (SSSR count). The summed E-state index contributed by atoms with van der Waals surface area (Å²) in [5.74, 6) is -0.127. The number of carbonyl (C=O) groups excluding carboxylic acids is 1. The highest BCUT2D eigenvalue weighted by Gasteiger charge is 2.19. The number of benzene rings is 1. The van der Waals surface area contributed by atoms with Gasteiger partial charge in [0.05, 0.1) is 5.69 Å². The van der Waals surface area contributed by atoms with E-state index >= 15 is 0 Å². The average Bonchev–Trinajstić information content (AvgIpc) is 2.61. The minimum absolute atomic E-state index is 0.000888. The van der Waals surface area contributed by atoms with Crippen molar-refractivity contribution in [3.8, 4) is 11.3 Å². The molecule has 1 aliphatic carbocycles. The predicted molar refractivity (Wildman–Crippen MR) is 91.9 cm³/mol. The highest BCUT2D eigenvalue weighted by molar-refractivity contribution is 5.91. The van der Waals surface area contributed by atoms with Crippen LogP contribution in [0.3, 0.4) is 0 Å². The van der Waals surface area contributed by atoms with Crippen LogP contribution in [0.5, 0.6) is 0 Å². The number of H-pyrrole nitrogens is 1. The summed E-state index contributed by atoms with van der Waals surface area (Å²) in [5, 5.41) is 18.5. The van der Waals surface area contributed by atoms with Gasteiger partial charge in [-0.1, -0.05) is 12.1 Å². The Bertz CT molecular complexity index is 798. The lowest BCUT2D eigenvalue weighted by molar-refractivity contribution is -0.116. The largest absolute Gasteiger partial charge is 0.396 e. The van der Waals surface area contributed by atoms with Crippen molar-refractivity contribution in [3.05, 3.63) is 45.7 Å². The first-order valence-corrected chi connectivity index (χ1v) is 8.30. The van der Waals surface area contributed by atoms with E-state index in [1.165, 1.54) is 0 Å². The molecule has 0 bridgehead atoms. The van der Waals surface area contributed by atoms with Crippen LogP contribution in [0.25, 0.3) is 11.3 Å². The normalized spacial score (nSPS) is 13.4. The van der Waals surface area contributed by atoms with Gasteiger partial charge in [-0.05, 0) is 49.8 Å². The summed E-state index contributed by atoms with van der Waals surface area (Å²) in [6.07, 6.45) is 4.46. The first kappa shape index (κ1) is 16.4. The van der Waals surface area contributed by atoms with Gasteiger partial charge in [0, 0.05) is 29.8 Å². The molecule has 3 N–H and O–H groups in total. The molecule has 6 heteroatoms. The van der Waals surface area contributed by atoms with Crippen molar-refractivity contribution in [2.75, 3.05) is 11.9 Å². The van der Waals surface area contributed by atoms with E-state index in [1.54, 1.807) is 0 Å². The molecule has 126 valence electrons. The number of rotatable bonds is 5. The van der Waals surface area contributed by atoms with E-state index in [0.717, 1.165) is 48.1 Å². The van der Waals surface area contributed by atoms with E-state index in [1.807, 2.05) is 24.3 Å². The van der Waals surface area contributed by atoms with Crippen molar-refractivity contribution >= 4 is 11.6 Å². The molecule has 0 saturated heterocycles. The maximum atomic E-state index is 12.0. The first-order valence-electron chi connectivity index (χ1n) is 8.30. The molecule has 1 amide bonds. The topological polar surface area (TPSA) is 95.1 Å². The van der Waals surface area contributed by atoms with Crippen molar-refractivity contribution in [1.29, 1.82) is 0 Å². The third-order valence-electron chi connectivity index (χ3n) is 4.28. The lowest BCUT2D eigenvalue weighted by Gasteiger charge is -2.17. The molecule has 0 fully saturated rings. The Morgan fingerprint density at radius 2 is 2.04 bits per heavy atom. The van der Waals surface area contributed by atoms with Gasteiger partial charge in [-0.15, -0.1) is 0 Å². The Labute approximate surface area is 139 Å². The zero-order valence-electron chi connectivity index (χ0n) is 13.5. The molecule has 1 heterocycles. The minimum Gasteiger partial charge on any atom is -0.396 e. The number of hydrogen-bond acceptors (Lipinski definition) is 4. The zero-order valence-corrected chi connectivity index (χ0v) is 13.5. The number of hydrogen-bond donors (Lipinski definition) is 3. The number of nitrogens with zero attached hydrogens (tertiary/aromatic N) is 1. The summed E-state index contributed by atoms with van der Waals surface area (Å²) >= 11 is 0. The van der Waals surface area contributed by atoms with Gasteiger partial charge in [-0.2, -0.15) is 5.10 Å². The third-order valence-corrected chi connectivity index (χ3v) is 4.28. The smallest absolute Gasteiger partial charge is 0.267 e. The number of nitrogens with one attached hydrogen (secondary N) is 2. The van der Waals surface area contributed by atoms with Crippen molar-refractivity contribution < 1.29 is 9.90 Å². The Morgan fingerprint density at radius 3 is 2.83 bits per heavy atom. The molecule has 6 nitrogen and oxygen atoms in total. The maximum Gasteiger partial charge on any atom is 0.267 e. The fraction of sp³-hybridized carbons (Fsp3) is 0.389. The SMILES string of the molecule is O=C(CCCO)Nc1cccc(-c2n[nH]c(=O)c3c2CCCC3)c1. The van der Waals surface area contributed by atoms with Crippen LogP contribution >= 0.6 is 0 Å². The monoisotopic (exact) mass is 327 g/mol. The molecule has 0 aliphatic heterocycles. The summed E-state index contributed by atoms with van der Waals surface area (Å²) in [6.45, 7) is 0.000888. The van der Waals surface area contributed by atoms with E-state index in [2.05, 4.69) is 15.5 Å². The molecule has 2 aromatic rings. The van der Waals surface area contributed by atoms with Crippen LogP contribution in [-0.2, 0) is 17.6 Å². The van der Waals surface area contributed by atoms with E-state index < -0.39 is 0 Å². The molecule has 1 aromatic carbocycles. The second-order valence-corrected chi connectivity index (χ2v) is 6.02. The molecule has 0 radical (unpaired) electrons. The van der Waals surface area contributed by atoms with Crippen LogP contribution in [0.4, 0.5) is 5.69 Å². The lowest BCUT2D eigenvalue weighted by atomic mass is 9.90. The number of anilines is 1. The fourth-order valence-corrected chi connectivity index (χ4v) is 3.10. The number of amides is 1. The van der Waals surface area contributed by atoms with Gasteiger partial charge in [0.2, 0.25) is 5.91 Å². The number of aliphatic hydroxyl groups excluding tert-OH is 1. The Hall–Kier alpha value is -2.47. The van der Waals surface area contributed by atoms with Gasteiger partial charge in [0.25, 0.3) is 5.56 Å². The van der Waals surface area contributed by atoms with E-state index in [-0.39, 0.29) is 24.5 Å². The third kappa shape index (κ3) is 3.54. The average molecular weight is 327 g/mol. The first-order chi connectivity index (χ1) is 11.7. The lowest BCUT2D eigenvalue weighted by Crippen LogP contribution is -2.21. The van der Waals surface area contributed by atoms with Gasteiger partial charge in [-0.25, -0.2) is 5.10 Å². The van der Waals surface area contributed by atoms with E-state index in [4.69, 9.17) is 5.11 Å². The maximum absolute atomic E-state index is 12.0. The van der Waals surface area contributed by atoms with Crippen LogP contribution in [0.2, 0.25) is 0 Å². The van der Waals surface area contributed by atoms with Gasteiger partial charge < -0.3 is 10.4 Å². The molecule has 1 aromatic heterocycles. The molecule has 0 unspecified atom stereocenters. The van der Waals surface area contributed by atoms with Gasteiger partial charge in [0.1, 0.15) is 0 Å². The van der Waals surface area contributed by atoms with Gasteiger partial charge >= 0.3 is 0 Å². The van der Waals surface area contributed by atoms with Crippen molar-refractivity contribution in [2.24, 2.45) is 0 Å². The molecule has 1 aliphatic rings. The number of aromatic amines is 1.